The van der Waals surface area contributed by atoms with E-state index in [0.717, 1.165) is 32.4 Å². The Labute approximate surface area is 80.1 Å². The molecule has 0 saturated carbocycles. The van der Waals surface area contributed by atoms with Gasteiger partial charge in [-0.1, -0.05) is 12.8 Å². The summed E-state index contributed by atoms with van der Waals surface area (Å²) in [7, 11) is 0. The van der Waals surface area contributed by atoms with Gasteiger partial charge in [-0.3, -0.25) is 4.79 Å². The molecule has 1 N–H and O–H groups in total. The zero-order chi connectivity index (χ0) is 9.73. The highest BCUT2D eigenvalue weighted by Gasteiger charge is 2.36. The van der Waals surface area contributed by atoms with Gasteiger partial charge in [-0.2, -0.15) is 0 Å². The fraction of sp³-hybridized carbons (Fsp3) is 0.727. The third-order valence-electron chi connectivity index (χ3n) is 3.00. The summed E-state index contributed by atoms with van der Waals surface area (Å²) in [6.45, 7) is 3.91. The van der Waals surface area contributed by atoms with Crippen LogP contribution in [0, 0.1) is 17.8 Å². The second-order valence-corrected chi connectivity index (χ2v) is 3.72. The molecule has 0 aliphatic carbocycles. The van der Waals surface area contributed by atoms with E-state index in [1.54, 1.807) is 0 Å². The third-order valence-corrected chi connectivity index (χ3v) is 3.00. The fourth-order valence-electron chi connectivity index (χ4n) is 1.98. The van der Waals surface area contributed by atoms with Gasteiger partial charge < -0.3 is 5.32 Å². The van der Waals surface area contributed by atoms with Crippen molar-refractivity contribution in [2.45, 2.75) is 32.6 Å². The van der Waals surface area contributed by atoms with Gasteiger partial charge in [-0.25, -0.2) is 0 Å². The van der Waals surface area contributed by atoms with Gasteiger partial charge in [-0.05, 0) is 25.8 Å². The summed E-state index contributed by atoms with van der Waals surface area (Å²) in [6, 6.07) is 0. The third kappa shape index (κ3) is 2.10. The van der Waals surface area contributed by atoms with E-state index in [2.05, 4.69) is 18.2 Å². The van der Waals surface area contributed by atoms with Crippen molar-refractivity contribution in [1.29, 1.82) is 0 Å². The average molecular weight is 179 g/mol. The Morgan fingerprint density at radius 3 is 2.92 bits per heavy atom. The Morgan fingerprint density at radius 2 is 2.46 bits per heavy atom. The van der Waals surface area contributed by atoms with Crippen molar-refractivity contribution in [2.24, 2.45) is 5.41 Å². The quantitative estimate of drug-likeness (QED) is 0.663. The zero-order valence-corrected chi connectivity index (χ0v) is 8.23. The standard InChI is InChI=1S/C11H17NO/c1-3-6-10(13)11(4-2)7-5-8-12-9-11/h1,12H,4-9H2,2H3. The molecule has 1 aliphatic heterocycles. The monoisotopic (exact) mass is 179 g/mol. The number of carbonyl (C=O) groups is 1. The molecule has 1 heterocycles. The van der Waals surface area contributed by atoms with E-state index >= 15 is 0 Å². The molecule has 2 nitrogen and oxygen atoms in total. The molecule has 0 aromatic heterocycles. The molecule has 13 heavy (non-hydrogen) atoms. The first kappa shape index (κ1) is 10.3. The van der Waals surface area contributed by atoms with Crippen LogP contribution in [-0.4, -0.2) is 18.9 Å². The van der Waals surface area contributed by atoms with E-state index in [4.69, 9.17) is 6.42 Å². The van der Waals surface area contributed by atoms with Crippen LogP contribution >= 0.6 is 0 Å². The smallest absolute Gasteiger partial charge is 0.152 e. The zero-order valence-electron chi connectivity index (χ0n) is 8.23. The maximum Gasteiger partial charge on any atom is 0.152 e. The molecule has 2 heteroatoms. The van der Waals surface area contributed by atoms with Crippen LogP contribution in [0.15, 0.2) is 0 Å². The van der Waals surface area contributed by atoms with Crippen LogP contribution in [-0.2, 0) is 4.79 Å². The molecule has 0 aromatic carbocycles. The van der Waals surface area contributed by atoms with Gasteiger partial charge in [0.15, 0.2) is 5.78 Å². The van der Waals surface area contributed by atoms with Crippen LogP contribution < -0.4 is 5.32 Å². The molecular weight excluding hydrogens is 162 g/mol. The molecule has 0 spiro atoms. The first-order valence-corrected chi connectivity index (χ1v) is 4.92. The minimum Gasteiger partial charge on any atom is -0.316 e. The van der Waals surface area contributed by atoms with Crippen molar-refractivity contribution >= 4 is 5.78 Å². The summed E-state index contributed by atoms with van der Waals surface area (Å²) >= 11 is 0. The normalized spacial score (nSPS) is 28.0. The topological polar surface area (TPSA) is 29.1 Å². The number of Topliss-reactive ketones (excluding diaryl/α,β-unsaturated/α-hetero) is 1. The summed E-state index contributed by atoms with van der Waals surface area (Å²) in [4.78, 5) is 11.8. The molecule has 1 fully saturated rings. The molecule has 1 rings (SSSR count). The van der Waals surface area contributed by atoms with Crippen molar-refractivity contribution in [2.75, 3.05) is 13.1 Å². The number of ketones is 1. The van der Waals surface area contributed by atoms with Gasteiger partial charge in [0, 0.05) is 12.0 Å². The maximum absolute atomic E-state index is 11.8. The highest BCUT2D eigenvalue weighted by molar-refractivity contribution is 5.87. The lowest BCUT2D eigenvalue weighted by Gasteiger charge is -2.35. The Hall–Kier alpha value is -0.810. The Bertz CT molecular complexity index is 221. The van der Waals surface area contributed by atoms with Crippen molar-refractivity contribution in [1.82, 2.24) is 5.32 Å². The highest BCUT2D eigenvalue weighted by atomic mass is 16.1. The van der Waals surface area contributed by atoms with Crippen LogP contribution in [0.5, 0.6) is 0 Å². The fourth-order valence-corrected chi connectivity index (χ4v) is 1.98. The number of hydrogen-bond acceptors (Lipinski definition) is 2. The van der Waals surface area contributed by atoms with E-state index in [9.17, 15) is 4.79 Å². The van der Waals surface area contributed by atoms with Crippen LogP contribution in [0.25, 0.3) is 0 Å². The SMILES string of the molecule is C#CCC(=O)C1(CC)CCCNC1. The lowest BCUT2D eigenvalue weighted by molar-refractivity contribution is -0.129. The number of hydrogen-bond donors (Lipinski definition) is 1. The van der Waals surface area contributed by atoms with Crippen molar-refractivity contribution in [3.8, 4) is 12.3 Å². The lowest BCUT2D eigenvalue weighted by Crippen LogP contribution is -2.45. The molecular formula is C11H17NO. The molecule has 0 radical (unpaired) electrons. The number of rotatable bonds is 3. The molecule has 0 bridgehead atoms. The Balaban J connectivity index is 2.67. The summed E-state index contributed by atoms with van der Waals surface area (Å²) in [5, 5.41) is 3.28. The molecule has 1 atom stereocenters. The Kier molecular flexibility index (Phi) is 3.50. The minimum atomic E-state index is -0.162. The van der Waals surface area contributed by atoms with E-state index in [1.165, 1.54) is 0 Å². The van der Waals surface area contributed by atoms with Crippen molar-refractivity contribution < 1.29 is 4.79 Å². The largest absolute Gasteiger partial charge is 0.316 e. The van der Waals surface area contributed by atoms with E-state index in [-0.39, 0.29) is 17.6 Å². The van der Waals surface area contributed by atoms with Gasteiger partial charge in [-0.15, -0.1) is 6.42 Å². The predicted octanol–water partition coefficient (Wildman–Crippen LogP) is 1.36. The highest BCUT2D eigenvalue weighted by Crippen LogP contribution is 2.31. The van der Waals surface area contributed by atoms with Gasteiger partial charge in [0.2, 0.25) is 0 Å². The van der Waals surface area contributed by atoms with Crippen molar-refractivity contribution in [3.05, 3.63) is 0 Å². The first-order valence-electron chi connectivity index (χ1n) is 4.92. The molecule has 1 saturated heterocycles. The van der Waals surface area contributed by atoms with E-state index < -0.39 is 0 Å². The predicted molar refractivity (Wildman–Crippen MR) is 53.3 cm³/mol. The van der Waals surface area contributed by atoms with E-state index in [0.29, 0.717) is 0 Å². The second kappa shape index (κ2) is 4.43. The number of nitrogens with one attached hydrogen (secondary N) is 1. The minimum absolute atomic E-state index is 0.162. The number of terminal acetylenes is 1. The molecule has 1 unspecified atom stereocenters. The van der Waals surface area contributed by atoms with Gasteiger partial charge >= 0.3 is 0 Å². The molecule has 0 aromatic rings. The summed E-state index contributed by atoms with van der Waals surface area (Å²) in [5.41, 5.74) is -0.162. The lowest BCUT2D eigenvalue weighted by atomic mass is 9.74. The van der Waals surface area contributed by atoms with Gasteiger partial charge in [0.05, 0.1) is 6.42 Å². The number of piperidine rings is 1. The Morgan fingerprint density at radius 1 is 1.69 bits per heavy atom. The van der Waals surface area contributed by atoms with Gasteiger partial charge in [0.1, 0.15) is 0 Å². The summed E-state index contributed by atoms with van der Waals surface area (Å²) in [6.07, 6.45) is 8.43. The first-order chi connectivity index (χ1) is 6.25. The maximum atomic E-state index is 11.8. The van der Waals surface area contributed by atoms with Gasteiger partial charge in [0.25, 0.3) is 0 Å². The molecule has 1 aliphatic rings. The molecule has 0 amide bonds. The van der Waals surface area contributed by atoms with E-state index in [1.807, 2.05) is 0 Å². The van der Waals surface area contributed by atoms with Crippen LogP contribution in [0.2, 0.25) is 0 Å². The molecule has 72 valence electrons. The van der Waals surface area contributed by atoms with Crippen LogP contribution in [0.3, 0.4) is 0 Å². The average Bonchev–Trinajstić information content (AvgIpc) is 2.19. The number of carbonyl (C=O) groups excluding carboxylic acids is 1. The summed E-state index contributed by atoms with van der Waals surface area (Å²) in [5.74, 6) is 2.69. The van der Waals surface area contributed by atoms with Crippen molar-refractivity contribution in [3.63, 3.8) is 0 Å². The van der Waals surface area contributed by atoms with Crippen LogP contribution in [0.4, 0.5) is 0 Å². The second-order valence-electron chi connectivity index (χ2n) is 3.72. The summed E-state index contributed by atoms with van der Waals surface area (Å²) < 4.78 is 0. The van der Waals surface area contributed by atoms with Crippen LogP contribution in [0.1, 0.15) is 32.6 Å².